The second-order valence-electron chi connectivity index (χ2n) is 6.62. The van der Waals surface area contributed by atoms with Gasteiger partial charge in [-0.2, -0.15) is 0 Å². The summed E-state index contributed by atoms with van der Waals surface area (Å²) in [5, 5.41) is 2.08. The van der Waals surface area contributed by atoms with Crippen molar-refractivity contribution in [3.05, 3.63) is 22.4 Å². The van der Waals surface area contributed by atoms with E-state index in [2.05, 4.69) is 17.5 Å². The number of amides is 2. The van der Waals surface area contributed by atoms with Crippen LogP contribution < -0.4 is 0 Å². The molecule has 1 aliphatic carbocycles. The van der Waals surface area contributed by atoms with Crippen molar-refractivity contribution in [3.8, 4) is 0 Å². The Morgan fingerprint density at radius 1 is 1.09 bits per heavy atom. The topological polar surface area (TPSA) is 40.6 Å². The Balaban J connectivity index is 1.37. The first-order chi connectivity index (χ1) is 11.2. The van der Waals surface area contributed by atoms with E-state index < -0.39 is 0 Å². The highest BCUT2D eigenvalue weighted by Gasteiger charge is 2.30. The number of hydrogen-bond acceptors (Lipinski definition) is 3. The zero-order chi connectivity index (χ0) is 16.1. The predicted octanol–water partition coefficient (Wildman–Crippen LogP) is 2.93. The van der Waals surface area contributed by atoms with Crippen LogP contribution in [-0.2, 0) is 16.0 Å². The lowest BCUT2D eigenvalue weighted by Crippen LogP contribution is -2.51. The van der Waals surface area contributed by atoms with Gasteiger partial charge in [0.1, 0.15) is 0 Å². The standard InChI is InChI=1S/C18H26N2O2S/c21-17(9-3-7-16-8-4-14-23-16)19-10-12-20(13-11-19)18(22)15-5-1-2-6-15/h4,8,14-15H,1-3,5-7,9-13H2. The number of thiophene rings is 1. The quantitative estimate of drug-likeness (QED) is 0.831. The highest BCUT2D eigenvalue weighted by Crippen LogP contribution is 2.27. The van der Waals surface area contributed by atoms with Gasteiger partial charge in [-0.15, -0.1) is 11.3 Å². The Kier molecular flexibility index (Phi) is 5.70. The molecule has 0 atom stereocenters. The zero-order valence-corrected chi connectivity index (χ0v) is 14.5. The second-order valence-corrected chi connectivity index (χ2v) is 7.65. The number of rotatable bonds is 5. The number of aryl methyl sites for hydroxylation is 1. The first-order valence-electron chi connectivity index (χ1n) is 8.83. The molecule has 0 radical (unpaired) electrons. The van der Waals surface area contributed by atoms with Crippen molar-refractivity contribution in [3.63, 3.8) is 0 Å². The maximum absolute atomic E-state index is 12.4. The lowest BCUT2D eigenvalue weighted by atomic mass is 10.1. The molecular formula is C18H26N2O2S. The van der Waals surface area contributed by atoms with Gasteiger partial charge in [-0.05, 0) is 37.1 Å². The first kappa shape index (κ1) is 16.5. The van der Waals surface area contributed by atoms with Crippen molar-refractivity contribution in [2.75, 3.05) is 26.2 Å². The summed E-state index contributed by atoms with van der Waals surface area (Å²) in [5.74, 6) is 0.824. The van der Waals surface area contributed by atoms with Crippen molar-refractivity contribution >= 4 is 23.2 Å². The molecule has 2 amide bonds. The van der Waals surface area contributed by atoms with E-state index in [9.17, 15) is 9.59 Å². The van der Waals surface area contributed by atoms with Crippen LogP contribution in [0.2, 0.25) is 0 Å². The summed E-state index contributed by atoms with van der Waals surface area (Å²) in [4.78, 5) is 30.0. The lowest BCUT2D eigenvalue weighted by Gasteiger charge is -2.36. The molecule has 2 aliphatic rings. The average Bonchev–Trinajstić information content (AvgIpc) is 3.28. The molecule has 0 spiro atoms. The minimum absolute atomic E-state index is 0.245. The van der Waals surface area contributed by atoms with Gasteiger partial charge in [0.2, 0.25) is 11.8 Å². The largest absolute Gasteiger partial charge is 0.339 e. The van der Waals surface area contributed by atoms with Crippen molar-refractivity contribution in [2.24, 2.45) is 5.92 Å². The van der Waals surface area contributed by atoms with E-state index in [-0.39, 0.29) is 11.8 Å². The Morgan fingerprint density at radius 3 is 2.43 bits per heavy atom. The molecule has 23 heavy (non-hydrogen) atoms. The summed E-state index contributed by atoms with van der Waals surface area (Å²) in [6, 6.07) is 4.19. The van der Waals surface area contributed by atoms with E-state index in [0.717, 1.165) is 25.7 Å². The molecule has 1 aromatic rings. The molecule has 0 N–H and O–H groups in total. The molecule has 0 aromatic carbocycles. The third kappa shape index (κ3) is 4.34. The van der Waals surface area contributed by atoms with E-state index in [1.807, 2.05) is 9.80 Å². The number of nitrogens with zero attached hydrogens (tertiary/aromatic N) is 2. The van der Waals surface area contributed by atoms with Gasteiger partial charge in [0.15, 0.2) is 0 Å². The Morgan fingerprint density at radius 2 is 1.78 bits per heavy atom. The van der Waals surface area contributed by atoms with Gasteiger partial charge >= 0.3 is 0 Å². The van der Waals surface area contributed by atoms with Crippen molar-refractivity contribution in [1.29, 1.82) is 0 Å². The van der Waals surface area contributed by atoms with Crippen molar-refractivity contribution in [1.82, 2.24) is 9.80 Å². The molecule has 4 nitrogen and oxygen atoms in total. The highest BCUT2D eigenvalue weighted by molar-refractivity contribution is 7.09. The monoisotopic (exact) mass is 334 g/mol. The van der Waals surface area contributed by atoms with E-state index in [1.165, 1.54) is 17.7 Å². The van der Waals surface area contributed by atoms with Crippen LogP contribution in [0.3, 0.4) is 0 Å². The number of hydrogen-bond donors (Lipinski definition) is 0. The van der Waals surface area contributed by atoms with E-state index in [0.29, 0.717) is 38.5 Å². The molecule has 1 saturated carbocycles. The van der Waals surface area contributed by atoms with E-state index in [1.54, 1.807) is 11.3 Å². The molecule has 126 valence electrons. The fourth-order valence-electron chi connectivity index (χ4n) is 3.63. The molecule has 1 aliphatic heterocycles. The normalized spacial score (nSPS) is 19.3. The third-order valence-electron chi connectivity index (χ3n) is 5.04. The molecule has 1 aromatic heterocycles. The predicted molar refractivity (Wildman–Crippen MR) is 92.4 cm³/mol. The summed E-state index contributed by atoms with van der Waals surface area (Å²) in [6.07, 6.45) is 7.03. The summed E-state index contributed by atoms with van der Waals surface area (Å²) in [5.41, 5.74) is 0. The van der Waals surface area contributed by atoms with Crippen molar-refractivity contribution < 1.29 is 9.59 Å². The fourth-order valence-corrected chi connectivity index (χ4v) is 4.39. The molecule has 3 rings (SSSR count). The maximum atomic E-state index is 12.4. The molecule has 5 heteroatoms. The second kappa shape index (κ2) is 7.95. The SMILES string of the molecule is O=C(CCCc1cccs1)N1CCN(C(=O)C2CCCC2)CC1. The molecule has 1 saturated heterocycles. The molecule has 2 fully saturated rings. The molecule has 0 unspecified atom stereocenters. The lowest BCUT2D eigenvalue weighted by molar-refractivity contribution is -0.142. The molecular weight excluding hydrogens is 308 g/mol. The van der Waals surface area contributed by atoms with Crippen molar-refractivity contribution in [2.45, 2.75) is 44.9 Å². The minimum Gasteiger partial charge on any atom is -0.339 e. The third-order valence-corrected chi connectivity index (χ3v) is 5.98. The van der Waals surface area contributed by atoms with Gasteiger partial charge in [-0.3, -0.25) is 9.59 Å². The first-order valence-corrected chi connectivity index (χ1v) is 9.71. The Labute approximate surface area is 142 Å². The average molecular weight is 334 g/mol. The van der Waals surface area contributed by atoms with E-state index >= 15 is 0 Å². The summed E-state index contributed by atoms with van der Waals surface area (Å²) in [7, 11) is 0. The van der Waals surface area contributed by atoms with Gasteiger partial charge in [0.05, 0.1) is 0 Å². The highest BCUT2D eigenvalue weighted by atomic mass is 32.1. The number of carbonyl (C=O) groups is 2. The van der Waals surface area contributed by atoms with Crippen LogP contribution in [0.25, 0.3) is 0 Å². The number of piperazine rings is 1. The van der Waals surface area contributed by atoms with Crippen LogP contribution in [0.15, 0.2) is 17.5 Å². The minimum atomic E-state index is 0.245. The van der Waals surface area contributed by atoms with Gasteiger partial charge in [0.25, 0.3) is 0 Å². The van der Waals surface area contributed by atoms with Crippen LogP contribution in [-0.4, -0.2) is 47.8 Å². The Bertz CT molecular complexity index is 515. The summed E-state index contributed by atoms with van der Waals surface area (Å²) in [6.45, 7) is 2.84. The van der Waals surface area contributed by atoms with Crippen LogP contribution in [0.1, 0.15) is 43.4 Å². The summed E-state index contributed by atoms with van der Waals surface area (Å²) >= 11 is 1.76. The molecule has 0 bridgehead atoms. The van der Waals surface area contributed by atoms with Crippen LogP contribution in [0, 0.1) is 5.92 Å². The number of carbonyl (C=O) groups excluding carboxylic acids is 2. The van der Waals surface area contributed by atoms with Crippen LogP contribution in [0.5, 0.6) is 0 Å². The smallest absolute Gasteiger partial charge is 0.225 e. The molecule has 2 heterocycles. The van der Waals surface area contributed by atoms with Gasteiger partial charge in [-0.25, -0.2) is 0 Å². The van der Waals surface area contributed by atoms with Gasteiger partial charge in [0, 0.05) is 43.4 Å². The maximum Gasteiger partial charge on any atom is 0.225 e. The van der Waals surface area contributed by atoms with E-state index in [4.69, 9.17) is 0 Å². The van der Waals surface area contributed by atoms with Crippen LogP contribution in [0.4, 0.5) is 0 Å². The Hall–Kier alpha value is -1.36. The van der Waals surface area contributed by atoms with Gasteiger partial charge < -0.3 is 9.80 Å². The van der Waals surface area contributed by atoms with Crippen LogP contribution >= 0.6 is 11.3 Å². The van der Waals surface area contributed by atoms with Gasteiger partial charge in [-0.1, -0.05) is 18.9 Å². The fraction of sp³-hybridized carbons (Fsp3) is 0.667. The zero-order valence-electron chi connectivity index (χ0n) is 13.7. The summed E-state index contributed by atoms with van der Waals surface area (Å²) < 4.78 is 0.